The summed E-state index contributed by atoms with van der Waals surface area (Å²) in [5, 5.41) is 0.426. The Labute approximate surface area is 184 Å². The minimum atomic E-state index is -1.10. The molecule has 0 fully saturated rings. The molecule has 2 aromatic heterocycles. The fourth-order valence-electron chi connectivity index (χ4n) is 4.80. The van der Waals surface area contributed by atoms with Crippen LogP contribution in [0.2, 0.25) is 0 Å². The van der Waals surface area contributed by atoms with E-state index in [4.69, 9.17) is 18.3 Å². The minimum absolute atomic E-state index is 0.173. The van der Waals surface area contributed by atoms with Gasteiger partial charge in [0.2, 0.25) is 0 Å². The number of methoxy groups -OCH3 is 2. The number of ether oxygens (including phenoxy) is 2. The Balaban J connectivity index is 2.02. The molecule has 0 radical (unpaired) electrons. The van der Waals surface area contributed by atoms with E-state index in [0.29, 0.717) is 57.8 Å². The molecule has 0 spiro atoms. The molecule has 2 atom stereocenters. The zero-order chi connectivity index (χ0) is 23.2. The normalized spacial score (nSPS) is 20.3. The Morgan fingerprint density at radius 3 is 2.47 bits per heavy atom. The standard InChI is InChI=1S/C25H26O7/c1-13-6-17(27)8-19(31-13)11-25(30-5)10-18(29-4)9-21-23(25)24(28)22-15(3)14(2)16(12-26)7-20(22)32-21/h6-8,12,18H,9-11H2,1-5H3. The number of aldehydes is 1. The van der Waals surface area contributed by atoms with Crippen molar-refractivity contribution in [1.29, 1.82) is 0 Å². The van der Waals surface area contributed by atoms with Gasteiger partial charge in [0.15, 0.2) is 10.9 Å². The maximum absolute atomic E-state index is 13.9. The molecule has 7 heteroatoms. The van der Waals surface area contributed by atoms with E-state index in [0.717, 1.165) is 11.8 Å². The van der Waals surface area contributed by atoms with Crippen LogP contribution >= 0.6 is 0 Å². The van der Waals surface area contributed by atoms with Crippen LogP contribution in [0.25, 0.3) is 11.0 Å². The summed E-state index contributed by atoms with van der Waals surface area (Å²) in [5.41, 5.74) is 1.21. The first-order valence-corrected chi connectivity index (χ1v) is 10.5. The molecule has 4 rings (SSSR count). The van der Waals surface area contributed by atoms with Crippen molar-refractivity contribution in [1.82, 2.24) is 0 Å². The lowest BCUT2D eigenvalue weighted by molar-refractivity contribution is -0.0766. The molecule has 0 aliphatic heterocycles. The van der Waals surface area contributed by atoms with Crippen molar-refractivity contribution in [2.75, 3.05) is 14.2 Å². The first kappa shape index (κ1) is 22.2. The predicted molar refractivity (Wildman–Crippen MR) is 119 cm³/mol. The van der Waals surface area contributed by atoms with Crippen LogP contribution in [0.5, 0.6) is 0 Å². The molecule has 32 heavy (non-hydrogen) atoms. The monoisotopic (exact) mass is 438 g/mol. The summed E-state index contributed by atoms with van der Waals surface area (Å²) in [6.45, 7) is 5.32. The van der Waals surface area contributed by atoms with Gasteiger partial charge in [-0.05, 0) is 38.0 Å². The van der Waals surface area contributed by atoms with E-state index in [1.54, 1.807) is 20.1 Å². The zero-order valence-electron chi connectivity index (χ0n) is 18.9. The highest BCUT2D eigenvalue weighted by atomic mass is 16.5. The number of hydrogen-bond donors (Lipinski definition) is 0. The number of benzene rings is 1. The average molecular weight is 438 g/mol. The van der Waals surface area contributed by atoms with E-state index in [1.807, 2.05) is 13.8 Å². The summed E-state index contributed by atoms with van der Waals surface area (Å²) in [6.07, 6.45) is 1.46. The second kappa shape index (κ2) is 8.15. The Hall–Kier alpha value is -3.03. The Morgan fingerprint density at radius 2 is 1.84 bits per heavy atom. The molecule has 1 aromatic carbocycles. The fraction of sp³-hybridized carbons (Fsp3) is 0.400. The smallest absolute Gasteiger partial charge is 0.199 e. The van der Waals surface area contributed by atoms with Crippen LogP contribution in [-0.4, -0.2) is 26.6 Å². The van der Waals surface area contributed by atoms with Crippen molar-refractivity contribution >= 4 is 17.3 Å². The van der Waals surface area contributed by atoms with E-state index in [1.165, 1.54) is 19.2 Å². The Morgan fingerprint density at radius 1 is 1.09 bits per heavy atom. The van der Waals surface area contributed by atoms with Gasteiger partial charge in [-0.1, -0.05) is 0 Å². The van der Waals surface area contributed by atoms with Gasteiger partial charge in [-0.3, -0.25) is 14.4 Å². The molecule has 0 saturated heterocycles. The largest absolute Gasteiger partial charge is 0.466 e. The summed E-state index contributed by atoms with van der Waals surface area (Å²) in [6, 6.07) is 4.43. The van der Waals surface area contributed by atoms with Crippen LogP contribution in [-0.2, 0) is 27.9 Å². The number of fused-ring (bicyclic) bond motifs is 2. The van der Waals surface area contributed by atoms with Crippen molar-refractivity contribution in [2.24, 2.45) is 0 Å². The second-order valence-corrected chi connectivity index (χ2v) is 8.45. The van der Waals surface area contributed by atoms with E-state index >= 15 is 0 Å². The first-order valence-electron chi connectivity index (χ1n) is 10.5. The minimum Gasteiger partial charge on any atom is -0.466 e. The van der Waals surface area contributed by atoms with Gasteiger partial charge in [-0.15, -0.1) is 0 Å². The molecular weight excluding hydrogens is 412 g/mol. The molecule has 0 bridgehead atoms. The van der Waals surface area contributed by atoms with Gasteiger partial charge in [0.1, 0.15) is 34.8 Å². The van der Waals surface area contributed by atoms with Crippen LogP contribution in [0.3, 0.4) is 0 Å². The third-order valence-electron chi connectivity index (χ3n) is 6.55. The molecule has 7 nitrogen and oxygen atoms in total. The van der Waals surface area contributed by atoms with Crippen LogP contribution in [0.4, 0.5) is 0 Å². The third-order valence-corrected chi connectivity index (χ3v) is 6.55. The van der Waals surface area contributed by atoms with Crippen LogP contribution in [0, 0.1) is 20.8 Å². The number of carbonyl (C=O) groups excluding carboxylic acids is 1. The molecule has 2 heterocycles. The summed E-state index contributed by atoms with van der Waals surface area (Å²) < 4.78 is 23.6. The summed E-state index contributed by atoms with van der Waals surface area (Å²) >= 11 is 0. The molecule has 0 saturated carbocycles. The molecular formula is C25H26O7. The number of hydrogen-bond acceptors (Lipinski definition) is 7. The van der Waals surface area contributed by atoms with Gasteiger partial charge >= 0.3 is 0 Å². The lowest BCUT2D eigenvalue weighted by Gasteiger charge is -2.39. The maximum Gasteiger partial charge on any atom is 0.199 e. The highest BCUT2D eigenvalue weighted by Crippen LogP contribution is 2.41. The second-order valence-electron chi connectivity index (χ2n) is 8.45. The maximum atomic E-state index is 13.9. The van der Waals surface area contributed by atoms with Crippen molar-refractivity contribution in [3.8, 4) is 0 Å². The van der Waals surface area contributed by atoms with Gasteiger partial charge in [0.05, 0.1) is 17.1 Å². The highest BCUT2D eigenvalue weighted by Gasteiger charge is 2.46. The molecule has 168 valence electrons. The van der Waals surface area contributed by atoms with Gasteiger partial charge in [0, 0.05) is 51.2 Å². The lowest BCUT2D eigenvalue weighted by atomic mass is 9.76. The van der Waals surface area contributed by atoms with Gasteiger partial charge in [-0.25, -0.2) is 0 Å². The van der Waals surface area contributed by atoms with Gasteiger partial charge in [-0.2, -0.15) is 0 Å². The average Bonchev–Trinajstić information content (AvgIpc) is 2.74. The molecule has 0 amide bonds. The molecule has 3 aromatic rings. The predicted octanol–water partition coefficient (Wildman–Crippen LogP) is 3.53. The van der Waals surface area contributed by atoms with E-state index in [-0.39, 0.29) is 23.4 Å². The Bertz CT molecular complexity index is 1330. The topological polar surface area (TPSA) is 96.0 Å². The van der Waals surface area contributed by atoms with Gasteiger partial charge < -0.3 is 18.3 Å². The summed E-state index contributed by atoms with van der Waals surface area (Å²) in [5.74, 6) is 1.36. The van der Waals surface area contributed by atoms with Gasteiger partial charge in [0.25, 0.3) is 0 Å². The summed E-state index contributed by atoms with van der Waals surface area (Å²) in [7, 11) is 3.13. The van der Waals surface area contributed by atoms with Crippen LogP contribution in [0.15, 0.2) is 36.6 Å². The SMILES string of the molecule is COC1Cc2oc3cc(C=O)c(C)c(C)c3c(=O)c2C(Cc2cc(=O)cc(C)o2)(OC)C1. The van der Waals surface area contributed by atoms with Crippen molar-refractivity contribution in [3.63, 3.8) is 0 Å². The van der Waals surface area contributed by atoms with Crippen LogP contribution < -0.4 is 10.9 Å². The third kappa shape index (κ3) is 3.51. The summed E-state index contributed by atoms with van der Waals surface area (Å²) in [4.78, 5) is 37.4. The zero-order valence-corrected chi connectivity index (χ0v) is 18.9. The van der Waals surface area contributed by atoms with Crippen molar-refractivity contribution < 1.29 is 23.1 Å². The van der Waals surface area contributed by atoms with E-state index in [9.17, 15) is 14.4 Å². The first-order chi connectivity index (χ1) is 15.2. The lowest BCUT2D eigenvalue weighted by Crippen LogP contribution is -2.45. The number of rotatable bonds is 5. The molecule has 1 aliphatic carbocycles. The number of carbonyl (C=O) groups is 1. The quantitative estimate of drug-likeness (QED) is 0.562. The van der Waals surface area contributed by atoms with E-state index in [2.05, 4.69) is 0 Å². The van der Waals surface area contributed by atoms with Crippen LogP contribution in [0.1, 0.15) is 50.7 Å². The molecule has 2 unspecified atom stereocenters. The fourth-order valence-corrected chi connectivity index (χ4v) is 4.80. The van der Waals surface area contributed by atoms with E-state index < -0.39 is 5.60 Å². The highest BCUT2D eigenvalue weighted by molar-refractivity contribution is 5.90. The molecule has 0 N–H and O–H groups in total. The van der Waals surface area contributed by atoms with Crippen molar-refractivity contribution in [3.05, 3.63) is 78.2 Å². The Kier molecular flexibility index (Phi) is 5.65. The van der Waals surface area contributed by atoms with Crippen molar-refractivity contribution in [2.45, 2.75) is 51.7 Å². The molecule has 1 aliphatic rings. The number of aryl methyl sites for hydroxylation is 2.